The molecule has 1 aromatic carbocycles. The Morgan fingerprint density at radius 2 is 2.16 bits per heavy atom. The van der Waals surface area contributed by atoms with Crippen LogP contribution in [0.3, 0.4) is 0 Å². The summed E-state index contributed by atoms with van der Waals surface area (Å²) in [6.45, 7) is 3.33. The quantitative estimate of drug-likeness (QED) is 0.436. The Morgan fingerprint density at radius 3 is 2.84 bits per heavy atom. The van der Waals surface area contributed by atoms with Crippen LogP contribution in [0, 0.1) is 11.6 Å². The molecule has 0 amide bonds. The topological polar surface area (TPSA) is 58.8 Å². The van der Waals surface area contributed by atoms with Crippen LogP contribution in [0.2, 0.25) is 0 Å². The van der Waals surface area contributed by atoms with Crippen LogP contribution in [0.4, 0.5) is 8.78 Å². The second-order valence-electron chi connectivity index (χ2n) is 5.51. The predicted octanol–water partition coefficient (Wildman–Crippen LogP) is 3.04. The molecule has 0 aliphatic rings. The van der Waals surface area contributed by atoms with Gasteiger partial charge in [-0.1, -0.05) is 6.07 Å². The molecule has 2 N–H and O–H groups in total. The van der Waals surface area contributed by atoms with Crippen molar-refractivity contribution in [1.82, 2.24) is 10.6 Å². The van der Waals surface area contributed by atoms with E-state index in [0.29, 0.717) is 37.6 Å². The van der Waals surface area contributed by atoms with Crippen molar-refractivity contribution in [3.63, 3.8) is 0 Å². The fourth-order valence-electron chi connectivity index (χ4n) is 2.30. The molecule has 0 saturated heterocycles. The van der Waals surface area contributed by atoms with Crippen LogP contribution in [0.5, 0.6) is 0 Å². The first-order valence-electron chi connectivity index (χ1n) is 8.11. The average molecular weight is 351 g/mol. The van der Waals surface area contributed by atoms with E-state index in [9.17, 15) is 8.78 Å². The van der Waals surface area contributed by atoms with Crippen molar-refractivity contribution in [3.8, 4) is 0 Å². The van der Waals surface area contributed by atoms with E-state index in [1.807, 2.05) is 12.1 Å². The van der Waals surface area contributed by atoms with Crippen molar-refractivity contribution in [3.05, 3.63) is 59.6 Å². The standard InChI is InChI=1S/C18H23F2N3O2/c1-13(16-6-5-14(19)12-17(16)20)23-18(22-9-11-24-2)21-8-7-15-4-3-10-25-15/h3-6,10,12-13H,7-9,11H2,1-2H3,(H2,21,22,23). The monoisotopic (exact) mass is 351 g/mol. The van der Waals surface area contributed by atoms with Crippen molar-refractivity contribution >= 4 is 5.96 Å². The van der Waals surface area contributed by atoms with Crippen LogP contribution in [-0.2, 0) is 11.2 Å². The van der Waals surface area contributed by atoms with Crippen LogP contribution >= 0.6 is 0 Å². The van der Waals surface area contributed by atoms with E-state index in [0.717, 1.165) is 11.8 Å². The lowest BCUT2D eigenvalue weighted by atomic mass is 10.1. The summed E-state index contributed by atoms with van der Waals surface area (Å²) in [6.07, 6.45) is 2.32. The fraction of sp³-hybridized carbons (Fsp3) is 0.389. The van der Waals surface area contributed by atoms with Crippen LogP contribution in [-0.4, -0.2) is 32.8 Å². The number of guanidine groups is 1. The average Bonchev–Trinajstić information content (AvgIpc) is 3.08. The first-order valence-corrected chi connectivity index (χ1v) is 8.11. The van der Waals surface area contributed by atoms with E-state index in [2.05, 4.69) is 15.6 Å². The maximum Gasteiger partial charge on any atom is 0.191 e. The molecule has 25 heavy (non-hydrogen) atoms. The number of furan rings is 1. The summed E-state index contributed by atoms with van der Waals surface area (Å²) in [5.74, 6) is 0.201. The third-order valence-corrected chi connectivity index (χ3v) is 3.59. The number of hydrogen-bond donors (Lipinski definition) is 2. The minimum absolute atomic E-state index is 0.369. The van der Waals surface area contributed by atoms with Crippen molar-refractivity contribution in [2.24, 2.45) is 4.99 Å². The largest absolute Gasteiger partial charge is 0.469 e. The molecule has 0 bridgehead atoms. The SMILES string of the molecule is COCCN=C(NCCc1ccco1)NC(C)c1ccc(F)cc1F. The van der Waals surface area contributed by atoms with Crippen LogP contribution in [0.15, 0.2) is 46.0 Å². The molecule has 1 unspecified atom stereocenters. The summed E-state index contributed by atoms with van der Waals surface area (Å²) in [5, 5.41) is 6.30. The Balaban J connectivity index is 1.97. The lowest BCUT2D eigenvalue weighted by molar-refractivity contribution is 0.208. The van der Waals surface area contributed by atoms with Gasteiger partial charge in [0.2, 0.25) is 0 Å². The van der Waals surface area contributed by atoms with Gasteiger partial charge in [-0.3, -0.25) is 4.99 Å². The summed E-state index contributed by atoms with van der Waals surface area (Å²) in [6, 6.07) is 6.90. The van der Waals surface area contributed by atoms with Gasteiger partial charge in [0.15, 0.2) is 5.96 Å². The van der Waals surface area contributed by atoms with Crippen LogP contribution in [0.25, 0.3) is 0 Å². The Hall–Kier alpha value is -2.41. The maximum absolute atomic E-state index is 13.9. The Bertz CT molecular complexity index is 675. The van der Waals surface area contributed by atoms with Gasteiger partial charge >= 0.3 is 0 Å². The number of rotatable bonds is 8. The number of methoxy groups -OCH3 is 1. The smallest absolute Gasteiger partial charge is 0.191 e. The Morgan fingerprint density at radius 1 is 1.32 bits per heavy atom. The van der Waals surface area contributed by atoms with Gasteiger partial charge in [0, 0.05) is 31.7 Å². The molecule has 1 heterocycles. The Labute approximate surface area is 146 Å². The van der Waals surface area contributed by atoms with Crippen molar-refractivity contribution < 1.29 is 17.9 Å². The maximum atomic E-state index is 13.9. The van der Waals surface area contributed by atoms with Crippen LogP contribution < -0.4 is 10.6 Å². The van der Waals surface area contributed by atoms with E-state index < -0.39 is 11.6 Å². The molecule has 0 aliphatic heterocycles. The molecule has 7 heteroatoms. The number of benzene rings is 1. The summed E-state index contributed by atoms with van der Waals surface area (Å²) in [4.78, 5) is 4.39. The van der Waals surface area contributed by atoms with E-state index in [-0.39, 0.29) is 6.04 Å². The molecule has 0 saturated carbocycles. The summed E-state index contributed by atoms with van der Waals surface area (Å²) in [5.41, 5.74) is 0.369. The minimum atomic E-state index is -0.598. The molecule has 2 aromatic rings. The molecule has 0 aliphatic carbocycles. The lowest BCUT2D eigenvalue weighted by Crippen LogP contribution is -2.40. The van der Waals surface area contributed by atoms with Crippen LogP contribution in [0.1, 0.15) is 24.3 Å². The number of aliphatic imine (C=N–C) groups is 1. The highest BCUT2D eigenvalue weighted by molar-refractivity contribution is 5.80. The normalized spacial score (nSPS) is 12.9. The number of hydrogen-bond acceptors (Lipinski definition) is 3. The first kappa shape index (κ1) is 18.9. The van der Waals surface area contributed by atoms with Crippen molar-refractivity contribution in [1.29, 1.82) is 0 Å². The minimum Gasteiger partial charge on any atom is -0.469 e. The number of nitrogens with zero attached hydrogens (tertiary/aromatic N) is 1. The molecule has 0 radical (unpaired) electrons. The number of halogens is 2. The molecular formula is C18H23F2N3O2. The highest BCUT2D eigenvalue weighted by Gasteiger charge is 2.13. The van der Waals surface area contributed by atoms with Crippen molar-refractivity contribution in [2.45, 2.75) is 19.4 Å². The summed E-state index contributed by atoms with van der Waals surface area (Å²) >= 11 is 0. The molecule has 1 atom stereocenters. The predicted molar refractivity (Wildman–Crippen MR) is 92.5 cm³/mol. The van der Waals surface area contributed by atoms with Gasteiger partial charge in [-0.05, 0) is 25.1 Å². The number of nitrogens with one attached hydrogen (secondary N) is 2. The lowest BCUT2D eigenvalue weighted by Gasteiger charge is -2.19. The molecule has 136 valence electrons. The number of ether oxygens (including phenoxy) is 1. The highest BCUT2D eigenvalue weighted by atomic mass is 19.1. The molecule has 1 aromatic heterocycles. The van der Waals surface area contributed by atoms with Gasteiger partial charge in [-0.15, -0.1) is 0 Å². The zero-order valence-electron chi connectivity index (χ0n) is 14.4. The fourth-order valence-corrected chi connectivity index (χ4v) is 2.30. The van der Waals surface area contributed by atoms with Gasteiger partial charge in [0.25, 0.3) is 0 Å². The van der Waals surface area contributed by atoms with Gasteiger partial charge in [-0.2, -0.15) is 0 Å². The second-order valence-corrected chi connectivity index (χ2v) is 5.51. The van der Waals surface area contributed by atoms with Gasteiger partial charge in [0.1, 0.15) is 17.4 Å². The third kappa shape index (κ3) is 6.19. The molecule has 5 nitrogen and oxygen atoms in total. The van der Waals surface area contributed by atoms with E-state index in [1.165, 1.54) is 12.1 Å². The molecular weight excluding hydrogens is 328 g/mol. The van der Waals surface area contributed by atoms with Gasteiger partial charge in [-0.25, -0.2) is 8.78 Å². The molecule has 0 spiro atoms. The molecule has 0 fully saturated rings. The first-order chi connectivity index (χ1) is 12.1. The van der Waals surface area contributed by atoms with E-state index in [1.54, 1.807) is 20.3 Å². The summed E-state index contributed by atoms with van der Waals surface area (Å²) in [7, 11) is 1.60. The van der Waals surface area contributed by atoms with Crippen molar-refractivity contribution in [2.75, 3.05) is 26.8 Å². The Kier molecular flexibility index (Phi) is 7.40. The zero-order valence-corrected chi connectivity index (χ0v) is 14.4. The van der Waals surface area contributed by atoms with E-state index in [4.69, 9.17) is 9.15 Å². The second kappa shape index (κ2) is 9.78. The van der Waals surface area contributed by atoms with Gasteiger partial charge in [0.05, 0.1) is 25.5 Å². The third-order valence-electron chi connectivity index (χ3n) is 3.59. The zero-order chi connectivity index (χ0) is 18.1. The highest BCUT2D eigenvalue weighted by Crippen LogP contribution is 2.17. The van der Waals surface area contributed by atoms with Gasteiger partial charge < -0.3 is 19.8 Å². The molecule has 2 rings (SSSR count). The summed E-state index contributed by atoms with van der Waals surface area (Å²) < 4.78 is 37.3. The van der Waals surface area contributed by atoms with E-state index >= 15 is 0 Å².